The van der Waals surface area contributed by atoms with Crippen molar-refractivity contribution in [2.75, 3.05) is 20.2 Å². The molecule has 0 radical (unpaired) electrons. The number of carbonyl (C=O) groups excluding carboxylic acids is 1. The Bertz CT molecular complexity index is 1510. The molecule has 4 aromatic rings. The van der Waals surface area contributed by atoms with Gasteiger partial charge < -0.3 is 19.9 Å². The zero-order valence-electron chi connectivity index (χ0n) is 24.8. The van der Waals surface area contributed by atoms with Crippen molar-refractivity contribution in [1.82, 2.24) is 9.47 Å². The third-order valence-corrected chi connectivity index (χ3v) is 7.52. The number of hydrogen-bond donors (Lipinski definition) is 1. The molecule has 0 aliphatic heterocycles. The van der Waals surface area contributed by atoms with Gasteiger partial charge in [-0.05, 0) is 79.8 Å². The molecule has 0 saturated heterocycles. The predicted molar refractivity (Wildman–Crippen MR) is 166 cm³/mol. The van der Waals surface area contributed by atoms with E-state index < -0.39 is 0 Å². The second kappa shape index (κ2) is 13.5. The lowest BCUT2D eigenvalue weighted by atomic mass is 9.93. The predicted octanol–water partition coefficient (Wildman–Crippen LogP) is 6.38. The summed E-state index contributed by atoms with van der Waals surface area (Å²) in [5.41, 5.74) is 11.8. The number of methoxy groups -OCH3 is 1. The van der Waals surface area contributed by atoms with Crippen LogP contribution in [0.2, 0.25) is 0 Å². The number of amides is 1. The average Bonchev–Trinajstić information content (AvgIpc) is 2.97. The maximum Gasteiger partial charge on any atom is 0.259 e. The molecule has 0 spiro atoms. The van der Waals surface area contributed by atoms with Gasteiger partial charge in [0.05, 0.1) is 25.3 Å². The summed E-state index contributed by atoms with van der Waals surface area (Å²) in [6.07, 6.45) is 0.659. The van der Waals surface area contributed by atoms with Crippen LogP contribution in [0.25, 0.3) is 11.1 Å². The molecule has 1 atom stereocenters. The fourth-order valence-electron chi connectivity index (χ4n) is 5.43. The first kappa shape index (κ1) is 29.8. The lowest BCUT2D eigenvalue weighted by Gasteiger charge is -2.37. The topological polar surface area (TPSA) is 77.6 Å². The normalized spacial score (nSPS) is 11.9. The minimum absolute atomic E-state index is 0.0369. The van der Waals surface area contributed by atoms with E-state index in [4.69, 9.17) is 10.5 Å². The molecule has 1 unspecified atom stereocenters. The third kappa shape index (κ3) is 6.77. The fraction of sp³-hybridized carbons (Fsp3) is 0.314. The van der Waals surface area contributed by atoms with Crippen LogP contribution in [0.15, 0.2) is 89.7 Å². The monoisotopic (exact) mass is 551 g/mol. The Balaban J connectivity index is 1.92. The minimum Gasteiger partial charge on any atom is -0.497 e. The van der Waals surface area contributed by atoms with Crippen LogP contribution in [0.5, 0.6) is 5.75 Å². The van der Waals surface area contributed by atoms with Crippen LogP contribution in [-0.2, 0) is 6.54 Å². The Kier molecular flexibility index (Phi) is 9.79. The first-order chi connectivity index (χ1) is 19.7. The molecule has 1 heterocycles. The molecule has 0 bridgehead atoms. The Labute approximate surface area is 243 Å². The SMILES string of the molecule is COc1ccc(-c2c(C)cc(C(C(C)C)N(CCCN)C(=O)c3ccc(C)cc3)n(Cc3ccccc3)c2=O)cc1. The number of pyridine rings is 1. The smallest absolute Gasteiger partial charge is 0.259 e. The summed E-state index contributed by atoms with van der Waals surface area (Å²) in [7, 11) is 1.63. The summed E-state index contributed by atoms with van der Waals surface area (Å²) in [4.78, 5) is 30.4. The van der Waals surface area contributed by atoms with Crippen molar-refractivity contribution in [3.8, 4) is 16.9 Å². The van der Waals surface area contributed by atoms with Gasteiger partial charge in [0, 0.05) is 17.8 Å². The summed E-state index contributed by atoms with van der Waals surface area (Å²) in [5.74, 6) is 0.709. The van der Waals surface area contributed by atoms with Gasteiger partial charge in [0.15, 0.2) is 0 Å². The first-order valence-corrected chi connectivity index (χ1v) is 14.3. The highest BCUT2D eigenvalue weighted by atomic mass is 16.5. The van der Waals surface area contributed by atoms with Crippen LogP contribution in [0.3, 0.4) is 0 Å². The summed E-state index contributed by atoms with van der Waals surface area (Å²) in [6, 6.07) is 27.0. The van der Waals surface area contributed by atoms with Crippen LogP contribution in [0.1, 0.15) is 59.1 Å². The summed E-state index contributed by atoms with van der Waals surface area (Å²) in [6.45, 7) is 9.54. The van der Waals surface area contributed by atoms with E-state index in [1.165, 1.54) is 0 Å². The van der Waals surface area contributed by atoms with E-state index in [1.807, 2.05) is 102 Å². The number of nitrogens with two attached hydrogens (primary N) is 1. The highest BCUT2D eigenvalue weighted by molar-refractivity contribution is 5.94. The Morgan fingerprint density at radius 3 is 2.20 bits per heavy atom. The van der Waals surface area contributed by atoms with E-state index in [0.717, 1.165) is 33.7 Å². The van der Waals surface area contributed by atoms with Crippen molar-refractivity contribution in [2.24, 2.45) is 11.7 Å². The number of nitrogens with zero attached hydrogens (tertiary/aromatic N) is 2. The highest BCUT2D eigenvalue weighted by Crippen LogP contribution is 2.33. The van der Waals surface area contributed by atoms with Crippen molar-refractivity contribution in [1.29, 1.82) is 0 Å². The van der Waals surface area contributed by atoms with Gasteiger partial charge in [-0.2, -0.15) is 0 Å². The molecular weight excluding hydrogens is 510 g/mol. The van der Waals surface area contributed by atoms with Crippen LogP contribution in [0, 0.1) is 19.8 Å². The molecule has 4 rings (SSSR count). The second-order valence-corrected chi connectivity index (χ2v) is 10.9. The molecule has 1 amide bonds. The number of rotatable bonds is 11. The van der Waals surface area contributed by atoms with Crippen LogP contribution >= 0.6 is 0 Å². The van der Waals surface area contributed by atoms with E-state index in [-0.39, 0.29) is 23.4 Å². The molecule has 6 heteroatoms. The Morgan fingerprint density at radius 1 is 0.951 bits per heavy atom. The van der Waals surface area contributed by atoms with Gasteiger partial charge in [-0.15, -0.1) is 0 Å². The molecule has 0 aliphatic rings. The maximum absolute atomic E-state index is 14.4. The number of aromatic nitrogens is 1. The maximum atomic E-state index is 14.4. The standard InChI is InChI=1S/C35H41N3O3/c1-24(2)33(37(21-9-20-36)34(39)29-14-12-25(3)13-15-29)31-22-26(4)32(28-16-18-30(41-5)19-17-28)35(40)38(31)23-27-10-7-6-8-11-27/h6-8,10-19,22,24,33H,9,20-21,23,36H2,1-5H3. The van der Waals surface area contributed by atoms with Gasteiger partial charge in [0.1, 0.15) is 5.75 Å². The van der Waals surface area contributed by atoms with Gasteiger partial charge in [-0.3, -0.25) is 9.59 Å². The van der Waals surface area contributed by atoms with Crippen molar-refractivity contribution in [2.45, 2.75) is 46.7 Å². The van der Waals surface area contributed by atoms with E-state index in [0.29, 0.717) is 37.2 Å². The number of carbonyl (C=O) groups is 1. The molecule has 3 aromatic carbocycles. The molecule has 1 aromatic heterocycles. The highest BCUT2D eigenvalue weighted by Gasteiger charge is 2.32. The minimum atomic E-state index is -0.338. The lowest BCUT2D eigenvalue weighted by Crippen LogP contribution is -2.42. The van der Waals surface area contributed by atoms with Gasteiger partial charge in [-0.1, -0.05) is 74.0 Å². The molecule has 6 nitrogen and oxygen atoms in total. The quantitative estimate of drug-likeness (QED) is 0.235. The van der Waals surface area contributed by atoms with E-state index in [9.17, 15) is 9.59 Å². The molecule has 0 fully saturated rings. The number of ether oxygens (including phenoxy) is 1. The van der Waals surface area contributed by atoms with E-state index in [1.54, 1.807) is 7.11 Å². The fourth-order valence-corrected chi connectivity index (χ4v) is 5.43. The molecule has 0 aliphatic carbocycles. The van der Waals surface area contributed by atoms with Gasteiger partial charge in [0.25, 0.3) is 11.5 Å². The van der Waals surface area contributed by atoms with E-state index >= 15 is 0 Å². The van der Waals surface area contributed by atoms with Crippen LogP contribution in [0.4, 0.5) is 0 Å². The van der Waals surface area contributed by atoms with Gasteiger partial charge in [0.2, 0.25) is 0 Å². The number of benzene rings is 3. The van der Waals surface area contributed by atoms with Gasteiger partial charge >= 0.3 is 0 Å². The van der Waals surface area contributed by atoms with Gasteiger partial charge in [-0.25, -0.2) is 0 Å². The van der Waals surface area contributed by atoms with Crippen molar-refractivity contribution in [3.63, 3.8) is 0 Å². The molecular formula is C35H41N3O3. The number of hydrogen-bond acceptors (Lipinski definition) is 4. The summed E-state index contributed by atoms with van der Waals surface area (Å²) in [5, 5.41) is 0. The van der Waals surface area contributed by atoms with Crippen LogP contribution < -0.4 is 16.0 Å². The molecule has 0 saturated carbocycles. The second-order valence-electron chi connectivity index (χ2n) is 10.9. The largest absolute Gasteiger partial charge is 0.497 e. The average molecular weight is 552 g/mol. The molecule has 214 valence electrons. The van der Waals surface area contributed by atoms with Crippen molar-refractivity contribution < 1.29 is 9.53 Å². The Morgan fingerprint density at radius 2 is 1.61 bits per heavy atom. The molecule has 2 N–H and O–H groups in total. The summed E-state index contributed by atoms with van der Waals surface area (Å²) >= 11 is 0. The van der Waals surface area contributed by atoms with Crippen molar-refractivity contribution in [3.05, 3.63) is 123 Å². The van der Waals surface area contributed by atoms with E-state index in [2.05, 4.69) is 19.9 Å². The zero-order chi connectivity index (χ0) is 29.5. The Hall–Kier alpha value is -4.16. The lowest BCUT2D eigenvalue weighted by molar-refractivity contribution is 0.0609. The summed E-state index contributed by atoms with van der Waals surface area (Å²) < 4.78 is 7.19. The first-order valence-electron chi connectivity index (χ1n) is 14.3. The van der Waals surface area contributed by atoms with Crippen molar-refractivity contribution >= 4 is 5.91 Å². The zero-order valence-corrected chi connectivity index (χ0v) is 24.8. The molecule has 41 heavy (non-hydrogen) atoms. The number of aryl methyl sites for hydroxylation is 2. The van der Waals surface area contributed by atoms with Crippen LogP contribution in [-0.4, -0.2) is 35.6 Å². The third-order valence-electron chi connectivity index (χ3n) is 7.52.